The highest BCUT2D eigenvalue weighted by Gasteiger charge is 2.19. The van der Waals surface area contributed by atoms with E-state index in [-0.39, 0.29) is 31.1 Å². The van der Waals surface area contributed by atoms with Crippen LogP contribution in [-0.4, -0.2) is 37.2 Å². The van der Waals surface area contributed by atoms with Gasteiger partial charge in [-0.3, -0.25) is 14.4 Å². The van der Waals surface area contributed by atoms with Gasteiger partial charge in [0.1, 0.15) is 13.2 Å². The highest BCUT2D eigenvalue weighted by atomic mass is 16.6. The molecule has 73 heavy (non-hydrogen) atoms. The number of carbonyl (C=O) groups excluding carboxylic acids is 3. The first-order chi connectivity index (χ1) is 36.0. The Morgan fingerprint density at radius 2 is 0.493 bits per heavy atom. The maximum atomic E-state index is 12.8. The summed E-state index contributed by atoms with van der Waals surface area (Å²) >= 11 is 0. The Bertz CT molecular complexity index is 1180. The number of allylic oxidation sites excluding steroid dienone is 4. The number of rotatable bonds is 61. The number of carbonyl (C=O) groups is 3. The molecule has 0 aliphatic carbocycles. The standard InChI is InChI=1S/C67H126O6/c1-4-7-10-13-16-19-22-23-24-25-26-27-28-29-30-31-32-33-34-35-36-37-38-39-40-41-42-43-46-48-51-54-57-60-66(69)72-63-64(73-67(70)61-58-55-52-49-45-21-18-15-12-9-6-3)62-71-65(68)59-56-53-50-47-44-20-17-14-11-8-5-2/h22-23,25-26,64H,4-21,24,27-63H2,1-3H3/b23-22-,26-25-. The van der Waals surface area contributed by atoms with Crippen molar-refractivity contribution in [3.63, 3.8) is 0 Å². The van der Waals surface area contributed by atoms with E-state index < -0.39 is 6.10 Å². The molecule has 0 bridgehead atoms. The van der Waals surface area contributed by atoms with Crippen LogP contribution < -0.4 is 0 Å². The van der Waals surface area contributed by atoms with Gasteiger partial charge in [-0.2, -0.15) is 0 Å². The van der Waals surface area contributed by atoms with Crippen LogP contribution in [0.2, 0.25) is 0 Å². The lowest BCUT2D eigenvalue weighted by atomic mass is 10.0. The first-order valence-electron chi connectivity index (χ1n) is 32.8. The third-order valence-corrected chi connectivity index (χ3v) is 15.0. The van der Waals surface area contributed by atoms with Crippen molar-refractivity contribution in [3.05, 3.63) is 24.3 Å². The number of esters is 3. The number of ether oxygens (including phenoxy) is 3. The molecule has 430 valence electrons. The van der Waals surface area contributed by atoms with Crippen molar-refractivity contribution >= 4 is 17.9 Å². The summed E-state index contributed by atoms with van der Waals surface area (Å²) in [6.45, 7) is 6.67. The van der Waals surface area contributed by atoms with Gasteiger partial charge in [-0.05, 0) is 51.4 Å². The molecule has 0 aromatic rings. The molecule has 0 fully saturated rings. The van der Waals surface area contributed by atoms with E-state index in [0.717, 1.165) is 64.2 Å². The Morgan fingerprint density at radius 3 is 0.753 bits per heavy atom. The zero-order valence-corrected chi connectivity index (χ0v) is 49.4. The lowest BCUT2D eigenvalue weighted by Gasteiger charge is -2.18. The minimum absolute atomic E-state index is 0.0637. The second-order valence-corrected chi connectivity index (χ2v) is 22.4. The van der Waals surface area contributed by atoms with Gasteiger partial charge in [-0.15, -0.1) is 0 Å². The Kier molecular flexibility index (Phi) is 60.6. The van der Waals surface area contributed by atoms with E-state index >= 15 is 0 Å². The van der Waals surface area contributed by atoms with Crippen molar-refractivity contribution in [3.8, 4) is 0 Å². The van der Waals surface area contributed by atoms with Crippen molar-refractivity contribution in [2.75, 3.05) is 13.2 Å². The maximum absolute atomic E-state index is 12.8. The van der Waals surface area contributed by atoms with Gasteiger partial charge in [0, 0.05) is 19.3 Å². The summed E-state index contributed by atoms with van der Waals surface area (Å²) in [5.41, 5.74) is 0. The first kappa shape index (κ1) is 70.9. The quantitative estimate of drug-likeness (QED) is 0.0261. The van der Waals surface area contributed by atoms with Gasteiger partial charge in [0.15, 0.2) is 6.10 Å². The normalized spacial score (nSPS) is 12.1. The summed E-state index contributed by atoms with van der Waals surface area (Å²) in [7, 11) is 0. The molecule has 1 unspecified atom stereocenters. The summed E-state index contributed by atoms with van der Waals surface area (Å²) in [6, 6.07) is 0. The highest BCUT2D eigenvalue weighted by molar-refractivity contribution is 5.71. The van der Waals surface area contributed by atoms with E-state index in [0.29, 0.717) is 19.3 Å². The van der Waals surface area contributed by atoms with Gasteiger partial charge in [-0.25, -0.2) is 0 Å². The Balaban J connectivity index is 3.97. The van der Waals surface area contributed by atoms with E-state index in [1.54, 1.807) is 0 Å². The van der Waals surface area contributed by atoms with Gasteiger partial charge >= 0.3 is 17.9 Å². The van der Waals surface area contributed by atoms with Crippen LogP contribution >= 0.6 is 0 Å². The third kappa shape index (κ3) is 60.6. The molecular weight excluding hydrogens is 901 g/mol. The monoisotopic (exact) mass is 1030 g/mol. The molecule has 0 aromatic carbocycles. The average Bonchev–Trinajstić information content (AvgIpc) is 3.39. The van der Waals surface area contributed by atoms with E-state index in [4.69, 9.17) is 14.2 Å². The fourth-order valence-electron chi connectivity index (χ4n) is 10.0. The zero-order valence-electron chi connectivity index (χ0n) is 49.4. The van der Waals surface area contributed by atoms with Crippen LogP contribution in [0, 0.1) is 0 Å². The molecule has 0 amide bonds. The molecule has 6 heteroatoms. The van der Waals surface area contributed by atoms with Gasteiger partial charge < -0.3 is 14.2 Å². The fraction of sp³-hybridized carbons (Fsp3) is 0.896. The topological polar surface area (TPSA) is 78.9 Å². The van der Waals surface area contributed by atoms with Crippen molar-refractivity contribution in [1.82, 2.24) is 0 Å². The second kappa shape index (κ2) is 62.4. The van der Waals surface area contributed by atoms with Gasteiger partial charge in [-0.1, -0.05) is 321 Å². The summed E-state index contributed by atoms with van der Waals surface area (Å²) < 4.78 is 16.9. The summed E-state index contributed by atoms with van der Waals surface area (Å²) in [4.78, 5) is 38.1. The van der Waals surface area contributed by atoms with Crippen molar-refractivity contribution < 1.29 is 28.6 Å². The molecule has 0 rings (SSSR count). The van der Waals surface area contributed by atoms with Crippen LogP contribution in [0.15, 0.2) is 24.3 Å². The molecule has 0 radical (unpaired) electrons. The molecule has 0 aliphatic rings. The highest BCUT2D eigenvalue weighted by Crippen LogP contribution is 2.18. The molecule has 0 saturated heterocycles. The van der Waals surface area contributed by atoms with Crippen molar-refractivity contribution in [1.29, 1.82) is 0 Å². The van der Waals surface area contributed by atoms with E-state index in [2.05, 4.69) is 45.1 Å². The number of hydrogen-bond donors (Lipinski definition) is 0. The molecular formula is C67H126O6. The van der Waals surface area contributed by atoms with Crippen LogP contribution in [0.3, 0.4) is 0 Å². The minimum Gasteiger partial charge on any atom is -0.462 e. The largest absolute Gasteiger partial charge is 0.462 e. The summed E-state index contributed by atoms with van der Waals surface area (Å²) in [6.07, 6.45) is 75.0. The molecule has 0 N–H and O–H groups in total. The van der Waals surface area contributed by atoms with Gasteiger partial charge in [0.25, 0.3) is 0 Å². The predicted molar refractivity (Wildman–Crippen MR) is 316 cm³/mol. The van der Waals surface area contributed by atoms with Gasteiger partial charge in [0.05, 0.1) is 0 Å². The van der Waals surface area contributed by atoms with Crippen molar-refractivity contribution in [2.45, 2.75) is 374 Å². The summed E-state index contributed by atoms with van der Waals surface area (Å²) in [5.74, 6) is -0.840. The SMILES string of the molecule is CCCCCCC/C=C\C/C=C\CCCCCCCCCCCCCCCCCCCCCCCC(=O)OCC(COC(=O)CCCCCCCCCCCCC)OC(=O)CCCCCCCCCCCCC. The smallest absolute Gasteiger partial charge is 0.306 e. The molecule has 0 saturated carbocycles. The van der Waals surface area contributed by atoms with E-state index in [1.165, 1.54) is 263 Å². The Labute approximate surface area is 455 Å². The van der Waals surface area contributed by atoms with Crippen LogP contribution in [0.5, 0.6) is 0 Å². The summed E-state index contributed by atoms with van der Waals surface area (Å²) in [5, 5.41) is 0. The van der Waals surface area contributed by atoms with Gasteiger partial charge in [0.2, 0.25) is 0 Å². The predicted octanol–water partition coefficient (Wildman–Crippen LogP) is 22.2. The first-order valence-corrected chi connectivity index (χ1v) is 32.8. The lowest BCUT2D eigenvalue weighted by Crippen LogP contribution is -2.30. The van der Waals surface area contributed by atoms with Crippen LogP contribution in [0.4, 0.5) is 0 Å². The number of unbranched alkanes of at least 4 members (excludes halogenated alkanes) is 46. The van der Waals surface area contributed by atoms with Crippen LogP contribution in [-0.2, 0) is 28.6 Å². The Morgan fingerprint density at radius 1 is 0.274 bits per heavy atom. The third-order valence-electron chi connectivity index (χ3n) is 15.0. The molecule has 1 atom stereocenters. The lowest BCUT2D eigenvalue weighted by molar-refractivity contribution is -0.167. The fourth-order valence-corrected chi connectivity index (χ4v) is 10.0. The second-order valence-electron chi connectivity index (χ2n) is 22.4. The van der Waals surface area contributed by atoms with Crippen LogP contribution in [0.1, 0.15) is 367 Å². The maximum Gasteiger partial charge on any atom is 0.306 e. The van der Waals surface area contributed by atoms with E-state index in [1.807, 2.05) is 0 Å². The van der Waals surface area contributed by atoms with Crippen LogP contribution in [0.25, 0.3) is 0 Å². The number of hydrogen-bond acceptors (Lipinski definition) is 6. The zero-order chi connectivity index (χ0) is 52.9. The van der Waals surface area contributed by atoms with E-state index in [9.17, 15) is 14.4 Å². The molecule has 0 aliphatic heterocycles. The minimum atomic E-state index is -0.763. The average molecular weight is 1030 g/mol. The Hall–Kier alpha value is -2.11. The molecule has 0 heterocycles. The molecule has 6 nitrogen and oxygen atoms in total. The molecule has 0 spiro atoms. The molecule has 0 aromatic heterocycles. The van der Waals surface area contributed by atoms with Crippen molar-refractivity contribution in [2.24, 2.45) is 0 Å².